The Balaban J connectivity index is 2.16. The molecular weight excluding hydrogens is 178 g/mol. The summed E-state index contributed by atoms with van der Waals surface area (Å²) in [7, 11) is 0. The third-order valence-corrected chi connectivity index (χ3v) is 2.24. The van der Waals surface area contributed by atoms with Crippen molar-refractivity contribution in [1.82, 2.24) is 5.06 Å². The van der Waals surface area contributed by atoms with Crippen LogP contribution in [0.15, 0.2) is 18.2 Å². The van der Waals surface area contributed by atoms with Crippen LogP contribution in [0.4, 0.5) is 0 Å². The Hall–Kier alpha value is -1.06. The molecule has 0 unspecified atom stereocenters. The van der Waals surface area contributed by atoms with Crippen molar-refractivity contribution >= 4 is 0 Å². The van der Waals surface area contributed by atoms with Crippen molar-refractivity contribution in [3.63, 3.8) is 0 Å². The number of hydroxylamine groups is 2. The summed E-state index contributed by atoms with van der Waals surface area (Å²) in [5.41, 5.74) is 2.45. The van der Waals surface area contributed by atoms with E-state index in [4.69, 9.17) is 9.57 Å². The predicted molar refractivity (Wildman–Crippen MR) is 53.8 cm³/mol. The molecule has 2 rings (SSSR count). The first kappa shape index (κ1) is 9.49. The summed E-state index contributed by atoms with van der Waals surface area (Å²) in [5.74, 6) is 0.978. The van der Waals surface area contributed by atoms with Gasteiger partial charge < -0.3 is 4.74 Å². The van der Waals surface area contributed by atoms with Crippen LogP contribution in [0.25, 0.3) is 0 Å². The molecule has 1 aromatic carbocycles. The highest BCUT2D eigenvalue weighted by Gasteiger charge is 2.16. The van der Waals surface area contributed by atoms with Crippen LogP contribution in [0.5, 0.6) is 5.75 Å². The van der Waals surface area contributed by atoms with Gasteiger partial charge in [-0.3, -0.25) is 4.84 Å². The van der Waals surface area contributed by atoms with E-state index in [1.807, 2.05) is 18.1 Å². The van der Waals surface area contributed by atoms with Crippen LogP contribution >= 0.6 is 0 Å². The largest absolute Gasteiger partial charge is 0.476 e. The zero-order chi connectivity index (χ0) is 9.97. The number of rotatable bonds is 2. The van der Waals surface area contributed by atoms with Gasteiger partial charge in [0.1, 0.15) is 5.75 Å². The summed E-state index contributed by atoms with van der Waals surface area (Å²) in [4.78, 5) is 5.39. The Labute approximate surface area is 84.2 Å². The van der Waals surface area contributed by atoms with E-state index in [1.54, 1.807) is 0 Å². The topological polar surface area (TPSA) is 21.7 Å². The summed E-state index contributed by atoms with van der Waals surface area (Å²) in [6.45, 7) is 6.07. The third kappa shape index (κ3) is 1.89. The number of fused-ring (bicyclic) bond motifs is 1. The Morgan fingerprint density at radius 3 is 3.14 bits per heavy atom. The van der Waals surface area contributed by atoms with E-state index in [9.17, 15) is 0 Å². The highest BCUT2D eigenvalue weighted by molar-refractivity contribution is 5.37. The fourth-order valence-corrected chi connectivity index (χ4v) is 1.62. The van der Waals surface area contributed by atoms with Crippen molar-refractivity contribution in [2.24, 2.45) is 0 Å². The average molecular weight is 193 g/mol. The molecule has 14 heavy (non-hydrogen) atoms. The second-order valence-electron chi connectivity index (χ2n) is 3.44. The average Bonchev–Trinajstić information content (AvgIpc) is 2.17. The first-order valence-corrected chi connectivity index (χ1v) is 4.90. The Kier molecular flexibility index (Phi) is 2.70. The Bertz CT molecular complexity index is 325. The monoisotopic (exact) mass is 193 g/mol. The van der Waals surface area contributed by atoms with E-state index < -0.39 is 0 Å². The fourth-order valence-electron chi connectivity index (χ4n) is 1.62. The summed E-state index contributed by atoms with van der Waals surface area (Å²) in [6, 6.07) is 6.23. The highest BCUT2D eigenvalue weighted by atomic mass is 16.7. The molecule has 0 saturated heterocycles. The molecule has 0 N–H and O–H groups in total. The number of nitrogens with zero attached hydrogens (tertiary/aromatic N) is 1. The molecule has 0 aromatic heterocycles. The number of ether oxygens (including phenoxy) is 1. The van der Waals surface area contributed by atoms with E-state index in [0.29, 0.717) is 13.3 Å². The molecule has 0 saturated carbocycles. The molecule has 76 valence electrons. The van der Waals surface area contributed by atoms with Crippen molar-refractivity contribution in [2.45, 2.75) is 20.4 Å². The zero-order valence-electron chi connectivity index (χ0n) is 8.62. The third-order valence-electron chi connectivity index (χ3n) is 2.24. The van der Waals surface area contributed by atoms with Gasteiger partial charge in [0.15, 0.2) is 6.73 Å². The lowest BCUT2D eigenvalue weighted by Gasteiger charge is -2.27. The van der Waals surface area contributed by atoms with Crippen LogP contribution in [-0.4, -0.2) is 18.4 Å². The molecule has 1 aromatic rings. The van der Waals surface area contributed by atoms with Crippen LogP contribution < -0.4 is 4.74 Å². The van der Waals surface area contributed by atoms with Crippen LogP contribution in [0, 0.1) is 6.92 Å². The van der Waals surface area contributed by atoms with Gasteiger partial charge in [-0.25, -0.2) is 0 Å². The number of benzene rings is 1. The summed E-state index contributed by atoms with van der Waals surface area (Å²) in [5, 5.41) is 1.84. The molecule has 0 radical (unpaired) electrons. The summed E-state index contributed by atoms with van der Waals surface area (Å²) >= 11 is 0. The minimum atomic E-state index is 0.518. The smallest absolute Gasteiger partial charge is 0.164 e. The first-order valence-electron chi connectivity index (χ1n) is 4.90. The van der Waals surface area contributed by atoms with Gasteiger partial charge in [-0.2, -0.15) is 0 Å². The lowest BCUT2D eigenvalue weighted by atomic mass is 10.1. The van der Waals surface area contributed by atoms with E-state index in [-0.39, 0.29) is 0 Å². The van der Waals surface area contributed by atoms with Crippen molar-refractivity contribution in [3.8, 4) is 5.75 Å². The van der Waals surface area contributed by atoms with Gasteiger partial charge >= 0.3 is 0 Å². The molecule has 1 heterocycles. The Morgan fingerprint density at radius 2 is 2.36 bits per heavy atom. The normalized spacial score (nSPS) is 16.1. The molecule has 0 aliphatic carbocycles. The zero-order valence-corrected chi connectivity index (χ0v) is 8.62. The number of aryl methyl sites for hydroxylation is 1. The van der Waals surface area contributed by atoms with Gasteiger partial charge in [-0.15, -0.1) is 5.06 Å². The summed E-state index contributed by atoms with van der Waals surface area (Å²) < 4.78 is 5.54. The molecule has 0 amide bonds. The molecular formula is C11H15NO2. The van der Waals surface area contributed by atoms with E-state index in [2.05, 4.69) is 19.1 Å². The van der Waals surface area contributed by atoms with E-state index in [0.717, 1.165) is 12.3 Å². The molecule has 0 bridgehead atoms. The second-order valence-corrected chi connectivity index (χ2v) is 3.44. The van der Waals surface area contributed by atoms with Crippen molar-refractivity contribution in [1.29, 1.82) is 0 Å². The van der Waals surface area contributed by atoms with Crippen molar-refractivity contribution in [2.75, 3.05) is 13.3 Å². The highest BCUT2D eigenvalue weighted by Crippen LogP contribution is 2.25. The molecule has 0 fully saturated rings. The molecule has 3 heteroatoms. The van der Waals surface area contributed by atoms with Crippen LogP contribution in [0.2, 0.25) is 0 Å². The maximum absolute atomic E-state index is 5.54. The van der Waals surface area contributed by atoms with Crippen LogP contribution in [0.3, 0.4) is 0 Å². The number of hydrogen-bond donors (Lipinski definition) is 0. The number of hydrogen-bond acceptors (Lipinski definition) is 3. The minimum absolute atomic E-state index is 0.518. The molecule has 0 atom stereocenters. The van der Waals surface area contributed by atoms with Gasteiger partial charge in [0.05, 0.1) is 13.2 Å². The maximum atomic E-state index is 5.54. The first-order chi connectivity index (χ1) is 6.79. The lowest BCUT2D eigenvalue weighted by Crippen LogP contribution is -2.32. The molecule has 3 nitrogen and oxygen atoms in total. The van der Waals surface area contributed by atoms with Crippen LogP contribution in [0.1, 0.15) is 18.1 Å². The predicted octanol–water partition coefficient (Wildman–Crippen LogP) is 2.10. The molecule has 1 aliphatic rings. The lowest BCUT2D eigenvalue weighted by molar-refractivity contribution is -0.201. The van der Waals surface area contributed by atoms with Gasteiger partial charge in [0.25, 0.3) is 0 Å². The van der Waals surface area contributed by atoms with Crippen molar-refractivity contribution < 1.29 is 9.57 Å². The van der Waals surface area contributed by atoms with E-state index >= 15 is 0 Å². The maximum Gasteiger partial charge on any atom is 0.164 e. The van der Waals surface area contributed by atoms with Gasteiger partial charge in [-0.1, -0.05) is 17.7 Å². The van der Waals surface area contributed by atoms with Gasteiger partial charge in [-0.05, 0) is 19.9 Å². The SMILES string of the molecule is CCON1COc2ccc(C)cc2C1. The fraction of sp³-hybridized carbons (Fsp3) is 0.455. The minimum Gasteiger partial charge on any atom is -0.476 e. The van der Waals surface area contributed by atoms with E-state index in [1.165, 1.54) is 11.1 Å². The Morgan fingerprint density at radius 1 is 1.50 bits per heavy atom. The van der Waals surface area contributed by atoms with Gasteiger partial charge in [0.2, 0.25) is 0 Å². The quantitative estimate of drug-likeness (QED) is 0.718. The van der Waals surface area contributed by atoms with Crippen molar-refractivity contribution in [3.05, 3.63) is 29.3 Å². The second kappa shape index (κ2) is 3.98. The van der Waals surface area contributed by atoms with Crippen LogP contribution in [-0.2, 0) is 11.4 Å². The molecule has 0 spiro atoms. The summed E-state index contributed by atoms with van der Waals surface area (Å²) in [6.07, 6.45) is 0. The van der Waals surface area contributed by atoms with Gasteiger partial charge in [0, 0.05) is 5.56 Å². The molecule has 1 aliphatic heterocycles. The standard InChI is InChI=1S/C11H15NO2/c1-3-14-12-7-10-6-9(2)4-5-11(10)13-8-12/h4-6H,3,7-8H2,1-2H3.